The Morgan fingerprint density at radius 1 is 1.38 bits per heavy atom. The lowest BCUT2D eigenvalue weighted by molar-refractivity contribution is -0.139. The summed E-state index contributed by atoms with van der Waals surface area (Å²) in [7, 11) is 0. The third kappa shape index (κ3) is 3.94. The minimum Gasteiger partial charge on any atom is -0.481 e. The molecule has 3 amide bonds. The Morgan fingerprint density at radius 3 is 2.75 bits per heavy atom. The second-order valence-corrected chi connectivity index (χ2v) is 5.00. The zero-order valence-electron chi connectivity index (χ0n) is 12.4. The molecule has 126 valence electrons. The van der Waals surface area contributed by atoms with Crippen LogP contribution in [0.2, 0.25) is 0 Å². The summed E-state index contributed by atoms with van der Waals surface area (Å²) in [4.78, 5) is 57.0. The maximum atomic E-state index is 12.4. The maximum Gasteiger partial charge on any atom is 0.341 e. The molecule has 24 heavy (non-hydrogen) atoms. The van der Waals surface area contributed by atoms with E-state index in [1.54, 1.807) is 0 Å². The van der Waals surface area contributed by atoms with Crippen molar-refractivity contribution in [3.05, 3.63) is 29.3 Å². The third-order valence-corrected chi connectivity index (χ3v) is 3.31. The van der Waals surface area contributed by atoms with Gasteiger partial charge in [-0.3, -0.25) is 24.5 Å². The number of amides is 3. The average molecular weight is 334 g/mol. The molecule has 1 atom stereocenters. The van der Waals surface area contributed by atoms with E-state index in [1.165, 1.54) is 18.2 Å². The highest BCUT2D eigenvalue weighted by molar-refractivity contribution is 6.07. The van der Waals surface area contributed by atoms with Crippen molar-refractivity contribution in [1.29, 1.82) is 0 Å². The van der Waals surface area contributed by atoms with Crippen LogP contribution in [0.5, 0.6) is 5.75 Å². The van der Waals surface area contributed by atoms with Crippen LogP contribution in [0.3, 0.4) is 0 Å². The first-order valence-electron chi connectivity index (χ1n) is 6.99. The number of aliphatic carboxylic acids is 1. The molecule has 0 aliphatic carbocycles. The molecule has 1 aromatic carbocycles. The zero-order valence-corrected chi connectivity index (χ0v) is 12.4. The summed E-state index contributed by atoms with van der Waals surface area (Å²) < 4.78 is 5.02. The molecule has 0 aromatic heterocycles. The molecule has 2 rings (SSSR count). The van der Waals surface area contributed by atoms with Crippen LogP contribution in [0.4, 0.5) is 0 Å². The van der Waals surface area contributed by atoms with Gasteiger partial charge in [-0.05, 0) is 12.5 Å². The van der Waals surface area contributed by atoms with Gasteiger partial charge in [-0.15, -0.1) is 0 Å². The molecule has 1 saturated heterocycles. The molecule has 9 nitrogen and oxygen atoms in total. The highest BCUT2D eigenvalue weighted by Gasteiger charge is 2.29. The fourth-order valence-corrected chi connectivity index (χ4v) is 2.21. The van der Waals surface area contributed by atoms with Crippen molar-refractivity contribution in [2.75, 3.05) is 6.61 Å². The van der Waals surface area contributed by atoms with E-state index in [2.05, 4.69) is 10.6 Å². The molecule has 9 heteroatoms. The number of rotatable bonds is 6. The first kappa shape index (κ1) is 17.1. The van der Waals surface area contributed by atoms with E-state index < -0.39 is 36.3 Å². The molecule has 1 unspecified atom stereocenters. The standard InChI is InChI=1S/C15H14N2O7/c18-6-8-2-1-3-10(24-7-12(20)21)13(8)15(23)16-9-4-5-11(19)17-14(9)22/h1-3,6,9H,4-5,7H2,(H,16,23)(H,20,21)(H,17,19,22). The number of piperidine rings is 1. The molecule has 1 aliphatic heterocycles. The molecule has 1 heterocycles. The molecular weight excluding hydrogens is 320 g/mol. The maximum absolute atomic E-state index is 12.4. The van der Waals surface area contributed by atoms with Crippen LogP contribution >= 0.6 is 0 Å². The minimum atomic E-state index is -1.25. The number of imide groups is 1. The quantitative estimate of drug-likeness (QED) is 0.470. The number of carboxylic acid groups (broad SMARTS) is 1. The molecule has 1 aliphatic rings. The number of nitrogens with one attached hydrogen (secondary N) is 2. The Kier molecular flexibility index (Phi) is 5.25. The number of carbonyl (C=O) groups is 5. The summed E-state index contributed by atoms with van der Waals surface area (Å²) in [6.07, 6.45) is 0.631. The van der Waals surface area contributed by atoms with Gasteiger partial charge in [-0.25, -0.2) is 4.79 Å². The van der Waals surface area contributed by atoms with Gasteiger partial charge >= 0.3 is 5.97 Å². The first-order valence-corrected chi connectivity index (χ1v) is 6.99. The van der Waals surface area contributed by atoms with Crippen molar-refractivity contribution in [2.24, 2.45) is 0 Å². The van der Waals surface area contributed by atoms with E-state index in [0.717, 1.165) is 0 Å². The van der Waals surface area contributed by atoms with E-state index in [4.69, 9.17) is 9.84 Å². The molecule has 1 aromatic rings. The topological polar surface area (TPSA) is 139 Å². The number of carbonyl (C=O) groups excluding carboxylic acids is 4. The van der Waals surface area contributed by atoms with Gasteiger partial charge in [0.05, 0.1) is 5.56 Å². The first-order chi connectivity index (χ1) is 11.4. The van der Waals surface area contributed by atoms with Gasteiger partial charge in [0.1, 0.15) is 11.8 Å². The van der Waals surface area contributed by atoms with Gasteiger partial charge < -0.3 is 15.2 Å². The average Bonchev–Trinajstić information content (AvgIpc) is 2.54. The number of aldehydes is 1. The van der Waals surface area contributed by atoms with E-state index in [-0.39, 0.29) is 29.7 Å². The van der Waals surface area contributed by atoms with Gasteiger partial charge in [-0.1, -0.05) is 12.1 Å². The number of benzene rings is 1. The summed E-state index contributed by atoms with van der Waals surface area (Å²) >= 11 is 0. The molecular formula is C15H14N2O7. The second-order valence-electron chi connectivity index (χ2n) is 5.00. The largest absolute Gasteiger partial charge is 0.481 e. The number of hydrogen-bond donors (Lipinski definition) is 3. The predicted octanol–water partition coefficient (Wildman–Crippen LogP) is -0.503. The fraction of sp³-hybridized carbons (Fsp3) is 0.267. The van der Waals surface area contributed by atoms with Crippen LogP contribution in [0.15, 0.2) is 18.2 Å². The lowest BCUT2D eigenvalue weighted by atomic mass is 10.0. The van der Waals surface area contributed by atoms with Crippen LogP contribution in [-0.2, 0) is 14.4 Å². The summed E-state index contributed by atoms with van der Waals surface area (Å²) in [5, 5.41) is 13.2. The normalized spacial score (nSPS) is 16.9. The Morgan fingerprint density at radius 2 is 2.12 bits per heavy atom. The Labute approximate surface area is 136 Å². The number of hydrogen-bond acceptors (Lipinski definition) is 6. The molecule has 0 bridgehead atoms. The van der Waals surface area contributed by atoms with E-state index >= 15 is 0 Å². The zero-order chi connectivity index (χ0) is 17.7. The lowest BCUT2D eigenvalue weighted by Gasteiger charge is -2.22. The summed E-state index contributed by atoms with van der Waals surface area (Å²) in [6, 6.07) is 3.21. The Balaban J connectivity index is 2.23. The molecule has 0 spiro atoms. The van der Waals surface area contributed by atoms with Gasteiger partial charge in [0, 0.05) is 12.0 Å². The van der Waals surface area contributed by atoms with Crippen LogP contribution in [0.25, 0.3) is 0 Å². The number of ether oxygens (including phenoxy) is 1. The highest BCUT2D eigenvalue weighted by atomic mass is 16.5. The van der Waals surface area contributed by atoms with E-state index in [1.807, 2.05) is 0 Å². The Hall–Kier alpha value is -3.23. The monoisotopic (exact) mass is 334 g/mol. The fourth-order valence-electron chi connectivity index (χ4n) is 2.21. The van der Waals surface area contributed by atoms with Crippen molar-refractivity contribution in [1.82, 2.24) is 10.6 Å². The van der Waals surface area contributed by atoms with Gasteiger partial charge in [0.25, 0.3) is 5.91 Å². The van der Waals surface area contributed by atoms with Gasteiger partial charge in [-0.2, -0.15) is 0 Å². The summed E-state index contributed by atoms with van der Waals surface area (Å²) in [5.74, 6) is -3.18. The summed E-state index contributed by atoms with van der Waals surface area (Å²) in [6.45, 7) is -0.693. The van der Waals surface area contributed by atoms with Crippen LogP contribution < -0.4 is 15.4 Å². The van der Waals surface area contributed by atoms with Crippen LogP contribution in [0.1, 0.15) is 33.6 Å². The van der Waals surface area contributed by atoms with Crippen LogP contribution in [-0.4, -0.2) is 47.7 Å². The SMILES string of the molecule is O=Cc1cccc(OCC(=O)O)c1C(=O)NC1CCC(=O)NC1=O. The van der Waals surface area contributed by atoms with E-state index in [9.17, 15) is 24.0 Å². The summed E-state index contributed by atoms with van der Waals surface area (Å²) in [5.41, 5.74) is -0.180. The molecule has 3 N–H and O–H groups in total. The predicted molar refractivity (Wildman–Crippen MR) is 78.6 cm³/mol. The molecule has 0 radical (unpaired) electrons. The lowest BCUT2D eigenvalue weighted by Crippen LogP contribution is -2.52. The number of carboxylic acids is 1. The van der Waals surface area contributed by atoms with Crippen molar-refractivity contribution in [2.45, 2.75) is 18.9 Å². The highest BCUT2D eigenvalue weighted by Crippen LogP contribution is 2.22. The molecule has 0 saturated carbocycles. The Bertz CT molecular complexity index is 714. The van der Waals surface area contributed by atoms with Gasteiger partial charge in [0.2, 0.25) is 11.8 Å². The minimum absolute atomic E-state index is 0.0114. The van der Waals surface area contributed by atoms with Crippen molar-refractivity contribution in [3.8, 4) is 5.75 Å². The van der Waals surface area contributed by atoms with Crippen molar-refractivity contribution in [3.63, 3.8) is 0 Å². The molecule has 1 fully saturated rings. The van der Waals surface area contributed by atoms with Crippen LogP contribution in [0, 0.1) is 0 Å². The second kappa shape index (κ2) is 7.36. The van der Waals surface area contributed by atoms with E-state index in [0.29, 0.717) is 6.29 Å². The third-order valence-electron chi connectivity index (χ3n) is 3.31. The van der Waals surface area contributed by atoms with Gasteiger partial charge in [0.15, 0.2) is 12.9 Å². The van der Waals surface area contributed by atoms with Crippen molar-refractivity contribution < 1.29 is 33.8 Å². The van der Waals surface area contributed by atoms with Crippen molar-refractivity contribution >= 4 is 30.0 Å². The smallest absolute Gasteiger partial charge is 0.341 e.